The molecule has 6 nitrogen and oxygen atoms in total. The molecular formula is C21H24N4O2S. The van der Waals surface area contributed by atoms with Crippen LogP contribution in [0.1, 0.15) is 24.3 Å². The maximum Gasteiger partial charge on any atom is 0.230 e. The first-order valence-electron chi connectivity index (χ1n) is 9.50. The van der Waals surface area contributed by atoms with E-state index in [9.17, 15) is 9.90 Å². The number of rotatable bonds is 9. The van der Waals surface area contributed by atoms with E-state index < -0.39 is 6.08 Å². The highest BCUT2D eigenvalue weighted by Gasteiger charge is 2.08. The van der Waals surface area contributed by atoms with Crippen LogP contribution in [0.5, 0.6) is 0 Å². The molecule has 1 atom stereocenters. The number of nitrogens with two attached hydrogens (primary N) is 1. The van der Waals surface area contributed by atoms with Crippen LogP contribution in [-0.4, -0.2) is 29.1 Å². The summed E-state index contributed by atoms with van der Waals surface area (Å²) in [4.78, 5) is 16.1. The van der Waals surface area contributed by atoms with Gasteiger partial charge in [0.25, 0.3) is 0 Å². The highest BCUT2D eigenvalue weighted by molar-refractivity contribution is 7.13. The van der Waals surface area contributed by atoms with E-state index in [0.717, 1.165) is 17.7 Å². The second-order valence-electron chi connectivity index (χ2n) is 6.34. The summed E-state index contributed by atoms with van der Waals surface area (Å²) in [6.07, 6.45) is -0.717. The molecule has 0 spiro atoms. The first-order chi connectivity index (χ1) is 13.9. The predicted octanol–water partition coefficient (Wildman–Crippen LogP) is 2.77. The Morgan fingerprint density at radius 2 is 1.96 bits per heavy atom. The highest BCUT2D eigenvalue weighted by atomic mass is 32.1. The number of aliphatic hydroxyl groups is 1. The number of anilines is 2. The lowest BCUT2D eigenvalue weighted by atomic mass is 10.1. The first-order valence-corrected chi connectivity index (χ1v) is 9.88. The summed E-state index contributed by atoms with van der Waals surface area (Å²) in [6.45, 7) is 0.775. The standard InChI is InChI=1S/C21H24N4O2S/c22-21-25-18(14-28-21)12-20(27)24-17-8-6-15(7-9-17)10-11-23-13-19(26)16-4-2-1-3-5-16/h1-9,14,19,23,26H,10-13H2,(H2,22,25)(H,24,27)/t19-/m0/s1/i19D. The summed E-state index contributed by atoms with van der Waals surface area (Å²) in [6, 6.07) is 16.6. The molecule has 1 amide bonds. The van der Waals surface area contributed by atoms with Gasteiger partial charge in [0, 0.05) is 17.6 Å². The van der Waals surface area contributed by atoms with Crippen molar-refractivity contribution >= 4 is 28.1 Å². The third-order valence-corrected chi connectivity index (χ3v) is 4.86. The minimum atomic E-state index is -1.66. The van der Waals surface area contributed by atoms with E-state index in [-0.39, 0.29) is 18.9 Å². The van der Waals surface area contributed by atoms with Crippen LogP contribution in [0.2, 0.25) is 0 Å². The fraction of sp³-hybridized carbons (Fsp3) is 0.238. The second kappa shape index (κ2) is 9.98. The Morgan fingerprint density at radius 1 is 1.21 bits per heavy atom. The zero-order valence-corrected chi connectivity index (χ0v) is 16.2. The van der Waals surface area contributed by atoms with Gasteiger partial charge in [0.05, 0.1) is 19.6 Å². The van der Waals surface area contributed by atoms with Crippen LogP contribution in [0.4, 0.5) is 10.8 Å². The Morgan fingerprint density at radius 3 is 2.64 bits per heavy atom. The molecule has 146 valence electrons. The lowest BCUT2D eigenvalue weighted by Gasteiger charge is -2.12. The quantitative estimate of drug-likeness (QED) is 0.416. The minimum Gasteiger partial charge on any atom is -0.387 e. The summed E-state index contributed by atoms with van der Waals surface area (Å²) in [7, 11) is 0. The summed E-state index contributed by atoms with van der Waals surface area (Å²) in [5, 5.41) is 18.5. The van der Waals surface area contributed by atoms with E-state index in [4.69, 9.17) is 7.10 Å². The third kappa shape index (κ3) is 6.16. The fourth-order valence-electron chi connectivity index (χ4n) is 2.70. The number of benzene rings is 2. The van der Waals surface area contributed by atoms with Gasteiger partial charge in [-0.3, -0.25) is 4.79 Å². The SMILES string of the molecule is [2H][C@](O)(CNCCc1ccc(NC(=O)Cc2csc(N)n2)cc1)c1ccccc1. The predicted molar refractivity (Wildman–Crippen MR) is 113 cm³/mol. The number of aromatic nitrogens is 1. The van der Waals surface area contributed by atoms with Crippen LogP contribution in [0, 0.1) is 0 Å². The Hall–Kier alpha value is -2.74. The molecule has 2 aromatic carbocycles. The van der Waals surface area contributed by atoms with Gasteiger partial charge in [-0.2, -0.15) is 0 Å². The molecule has 1 aromatic heterocycles. The monoisotopic (exact) mass is 397 g/mol. The minimum absolute atomic E-state index is 0.139. The molecule has 0 unspecified atom stereocenters. The third-order valence-electron chi connectivity index (χ3n) is 4.14. The summed E-state index contributed by atoms with van der Waals surface area (Å²) in [5.74, 6) is -0.139. The van der Waals surface area contributed by atoms with Gasteiger partial charge in [0.1, 0.15) is 0 Å². The van der Waals surface area contributed by atoms with Crippen LogP contribution in [0.15, 0.2) is 60.0 Å². The number of amides is 1. The first kappa shape index (κ1) is 18.6. The number of nitrogens with zero attached hydrogens (tertiary/aromatic N) is 1. The van der Waals surface area contributed by atoms with E-state index in [0.29, 0.717) is 22.9 Å². The summed E-state index contributed by atoms with van der Waals surface area (Å²) in [5.41, 5.74) is 8.62. The molecule has 5 N–H and O–H groups in total. The highest BCUT2D eigenvalue weighted by Crippen LogP contribution is 2.14. The fourth-order valence-corrected chi connectivity index (χ4v) is 3.26. The van der Waals surface area contributed by atoms with Gasteiger partial charge in [-0.25, -0.2) is 4.98 Å². The number of carbonyl (C=O) groups excluding carboxylic acids is 1. The van der Waals surface area contributed by atoms with E-state index in [1.807, 2.05) is 42.5 Å². The Labute approximate surface area is 169 Å². The van der Waals surface area contributed by atoms with Crippen LogP contribution < -0.4 is 16.4 Å². The zero-order valence-electron chi connectivity index (χ0n) is 16.4. The molecule has 0 aliphatic carbocycles. The normalized spacial score (nSPS) is 13.5. The van der Waals surface area contributed by atoms with Crippen molar-refractivity contribution in [3.8, 4) is 0 Å². The van der Waals surface area contributed by atoms with Crippen molar-refractivity contribution in [2.75, 3.05) is 24.1 Å². The van der Waals surface area contributed by atoms with Crippen molar-refractivity contribution in [1.29, 1.82) is 0 Å². The van der Waals surface area contributed by atoms with Gasteiger partial charge in [0.15, 0.2) is 5.13 Å². The van der Waals surface area contributed by atoms with Crippen molar-refractivity contribution in [3.05, 3.63) is 76.8 Å². The maximum absolute atomic E-state index is 12.1. The molecule has 28 heavy (non-hydrogen) atoms. The van der Waals surface area contributed by atoms with Gasteiger partial charge < -0.3 is 21.5 Å². The van der Waals surface area contributed by atoms with Crippen molar-refractivity contribution < 1.29 is 11.3 Å². The number of nitrogens with one attached hydrogen (secondary N) is 2. The van der Waals surface area contributed by atoms with Crippen LogP contribution >= 0.6 is 11.3 Å². The Kier molecular flexibility index (Phi) is 6.64. The molecule has 0 aliphatic heterocycles. The molecule has 3 aromatic rings. The van der Waals surface area contributed by atoms with E-state index in [1.54, 1.807) is 17.5 Å². The van der Waals surface area contributed by atoms with E-state index >= 15 is 0 Å². The van der Waals surface area contributed by atoms with Gasteiger partial charge in [-0.05, 0) is 36.2 Å². The Bertz CT molecular complexity index is 929. The van der Waals surface area contributed by atoms with Crippen molar-refractivity contribution in [2.24, 2.45) is 0 Å². The molecule has 1 heterocycles. The molecule has 7 heteroatoms. The zero-order chi connectivity index (χ0) is 20.7. The van der Waals surface area contributed by atoms with Gasteiger partial charge in [-0.1, -0.05) is 42.5 Å². The van der Waals surface area contributed by atoms with Crippen LogP contribution in [0.3, 0.4) is 0 Å². The number of nitrogen functional groups attached to an aromatic ring is 1. The van der Waals surface area contributed by atoms with Crippen LogP contribution in [0.25, 0.3) is 0 Å². The average Bonchev–Trinajstić information content (AvgIpc) is 3.11. The molecule has 3 rings (SSSR count). The lowest BCUT2D eigenvalue weighted by molar-refractivity contribution is -0.115. The lowest BCUT2D eigenvalue weighted by Crippen LogP contribution is -2.23. The molecule has 0 radical (unpaired) electrons. The number of thiazole rings is 1. The maximum atomic E-state index is 12.1. The van der Waals surface area contributed by atoms with E-state index in [1.165, 1.54) is 11.3 Å². The topological polar surface area (TPSA) is 100 Å². The van der Waals surface area contributed by atoms with Crippen molar-refractivity contribution in [2.45, 2.75) is 18.9 Å². The molecular weight excluding hydrogens is 372 g/mol. The smallest absolute Gasteiger partial charge is 0.230 e. The van der Waals surface area contributed by atoms with E-state index in [2.05, 4.69) is 15.6 Å². The second-order valence-corrected chi connectivity index (χ2v) is 7.23. The van der Waals surface area contributed by atoms with Crippen LogP contribution in [-0.2, 0) is 17.6 Å². The van der Waals surface area contributed by atoms with Crippen molar-refractivity contribution in [1.82, 2.24) is 10.3 Å². The molecule has 0 aliphatic rings. The van der Waals surface area contributed by atoms with Crippen molar-refractivity contribution in [3.63, 3.8) is 0 Å². The average molecular weight is 398 g/mol. The largest absolute Gasteiger partial charge is 0.387 e. The Balaban J connectivity index is 1.41. The van der Waals surface area contributed by atoms with Gasteiger partial charge in [-0.15, -0.1) is 11.3 Å². The number of hydrogen-bond donors (Lipinski definition) is 4. The molecule has 0 saturated heterocycles. The number of carbonyl (C=O) groups is 1. The van der Waals surface area contributed by atoms with Gasteiger partial charge in [0.2, 0.25) is 5.91 Å². The molecule has 0 bridgehead atoms. The van der Waals surface area contributed by atoms with Gasteiger partial charge >= 0.3 is 0 Å². The number of hydrogen-bond acceptors (Lipinski definition) is 6. The summed E-state index contributed by atoms with van der Waals surface area (Å²) < 4.78 is 8.07. The molecule has 0 saturated carbocycles. The summed E-state index contributed by atoms with van der Waals surface area (Å²) >= 11 is 1.32. The molecule has 0 fully saturated rings.